The maximum Gasteiger partial charge on any atom is 0.251 e. The van der Waals surface area contributed by atoms with Crippen LogP contribution in [0.3, 0.4) is 0 Å². The third kappa shape index (κ3) is 3.74. The van der Waals surface area contributed by atoms with Crippen LogP contribution in [0.2, 0.25) is 5.02 Å². The molecule has 21 heavy (non-hydrogen) atoms. The molecule has 1 fully saturated rings. The van der Waals surface area contributed by atoms with E-state index in [0.29, 0.717) is 6.54 Å². The molecule has 0 aliphatic heterocycles. The van der Waals surface area contributed by atoms with Crippen molar-refractivity contribution in [2.24, 2.45) is 5.14 Å². The molecule has 116 valence electrons. The van der Waals surface area contributed by atoms with Crippen LogP contribution in [0.1, 0.15) is 29.6 Å². The molecule has 8 heteroatoms. The molecule has 1 saturated carbocycles. The Morgan fingerprint density at radius 3 is 2.57 bits per heavy atom. The van der Waals surface area contributed by atoms with E-state index in [-0.39, 0.29) is 21.1 Å². The zero-order valence-electron chi connectivity index (χ0n) is 11.6. The molecule has 1 aliphatic carbocycles. The number of sulfonamides is 1. The Morgan fingerprint density at radius 2 is 2.10 bits per heavy atom. The summed E-state index contributed by atoms with van der Waals surface area (Å²) in [6.45, 7) is 0.375. The second kappa shape index (κ2) is 5.92. The quantitative estimate of drug-likeness (QED) is 0.848. The van der Waals surface area contributed by atoms with Crippen molar-refractivity contribution in [3.63, 3.8) is 0 Å². The summed E-state index contributed by atoms with van der Waals surface area (Å²) in [5.74, 6) is -0.411. The van der Waals surface area contributed by atoms with Crippen LogP contribution in [-0.4, -0.2) is 33.6 Å². The number of carbonyl (C=O) groups is 1. The highest BCUT2D eigenvalue weighted by molar-refractivity contribution is 7.89. The second-order valence-electron chi connectivity index (χ2n) is 5.14. The molecular weight excluding hydrogens is 316 g/mol. The maximum absolute atomic E-state index is 12.1. The number of ether oxygens (including phenoxy) is 1. The molecule has 1 amide bonds. The predicted molar refractivity (Wildman–Crippen MR) is 78.7 cm³/mol. The van der Waals surface area contributed by atoms with Gasteiger partial charge in [0, 0.05) is 24.2 Å². The summed E-state index contributed by atoms with van der Waals surface area (Å²) in [4.78, 5) is 11.9. The van der Waals surface area contributed by atoms with Crippen LogP contribution in [0.25, 0.3) is 0 Å². The summed E-state index contributed by atoms with van der Waals surface area (Å²) in [6, 6.07) is 3.80. The Labute approximate surface area is 128 Å². The number of nitrogens with one attached hydrogen (secondary N) is 1. The summed E-state index contributed by atoms with van der Waals surface area (Å²) in [7, 11) is -2.30. The summed E-state index contributed by atoms with van der Waals surface area (Å²) >= 11 is 5.83. The Kier molecular flexibility index (Phi) is 4.57. The van der Waals surface area contributed by atoms with Gasteiger partial charge in [0.2, 0.25) is 10.0 Å². The number of benzene rings is 1. The van der Waals surface area contributed by atoms with Gasteiger partial charge in [0.05, 0.1) is 10.5 Å². The average molecular weight is 333 g/mol. The molecule has 0 spiro atoms. The molecule has 1 aromatic rings. The van der Waals surface area contributed by atoms with Crippen LogP contribution in [-0.2, 0) is 14.8 Å². The molecule has 3 N–H and O–H groups in total. The molecule has 0 heterocycles. The van der Waals surface area contributed by atoms with Crippen LogP contribution in [0.5, 0.6) is 0 Å². The number of amides is 1. The third-order valence-corrected chi connectivity index (χ3v) is 4.84. The molecule has 0 bridgehead atoms. The minimum Gasteiger partial charge on any atom is -0.376 e. The second-order valence-corrected chi connectivity index (χ2v) is 7.14. The molecular formula is C13H17ClN2O4S. The van der Waals surface area contributed by atoms with E-state index < -0.39 is 15.9 Å². The number of hydrogen-bond acceptors (Lipinski definition) is 4. The first-order chi connectivity index (χ1) is 9.76. The lowest BCUT2D eigenvalue weighted by Gasteiger charge is -2.40. The monoisotopic (exact) mass is 332 g/mol. The lowest BCUT2D eigenvalue weighted by atomic mass is 9.80. The van der Waals surface area contributed by atoms with E-state index in [1.807, 2.05) is 0 Å². The van der Waals surface area contributed by atoms with E-state index in [9.17, 15) is 13.2 Å². The van der Waals surface area contributed by atoms with Crippen LogP contribution in [0.4, 0.5) is 0 Å². The van der Waals surface area contributed by atoms with E-state index in [2.05, 4.69) is 5.32 Å². The lowest BCUT2D eigenvalue weighted by molar-refractivity contribution is -0.0679. The highest BCUT2D eigenvalue weighted by Gasteiger charge is 2.37. The van der Waals surface area contributed by atoms with Gasteiger partial charge in [0.15, 0.2) is 0 Å². The number of nitrogens with two attached hydrogens (primary N) is 1. The fourth-order valence-corrected chi connectivity index (χ4v) is 3.11. The van der Waals surface area contributed by atoms with Gasteiger partial charge in [-0.05, 0) is 37.5 Å². The Bertz CT molecular complexity index is 651. The largest absolute Gasteiger partial charge is 0.376 e. The number of rotatable bonds is 5. The first-order valence-electron chi connectivity index (χ1n) is 6.42. The third-order valence-electron chi connectivity index (χ3n) is 3.73. The molecule has 1 aromatic carbocycles. The van der Waals surface area contributed by atoms with Crippen LogP contribution >= 0.6 is 11.6 Å². The normalized spacial score (nSPS) is 17.1. The highest BCUT2D eigenvalue weighted by atomic mass is 35.5. The van der Waals surface area contributed by atoms with Gasteiger partial charge in [-0.25, -0.2) is 13.6 Å². The first kappa shape index (κ1) is 16.2. The smallest absolute Gasteiger partial charge is 0.251 e. The summed E-state index contributed by atoms with van der Waals surface area (Å²) in [5, 5.41) is 7.93. The van der Waals surface area contributed by atoms with Crippen molar-refractivity contribution in [1.82, 2.24) is 5.32 Å². The van der Waals surface area contributed by atoms with Gasteiger partial charge in [-0.15, -0.1) is 0 Å². The van der Waals surface area contributed by atoms with Crippen molar-refractivity contribution in [3.8, 4) is 0 Å². The van der Waals surface area contributed by atoms with Gasteiger partial charge in [-0.3, -0.25) is 4.79 Å². The van der Waals surface area contributed by atoms with Gasteiger partial charge in [-0.2, -0.15) is 0 Å². The molecule has 0 saturated heterocycles. The van der Waals surface area contributed by atoms with Crippen LogP contribution in [0, 0.1) is 0 Å². The molecule has 0 unspecified atom stereocenters. The molecule has 0 aromatic heterocycles. The molecule has 0 radical (unpaired) electrons. The number of halogens is 1. The molecule has 2 rings (SSSR count). The summed E-state index contributed by atoms with van der Waals surface area (Å²) in [6.07, 6.45) is 2.85. The SMILES string of the molecule is COC1(CNC(=O)c2cc(Cl)cc(S(N)(=O)=O)c2)CCC1. The summed E-state index contributed by atoms with van der Waals surface area (Å²) in [5.41, 5.74) is -0.158. The molecule has 0 atom stereocenters. The Morgan fingerprint density at radius 1 is 1.43 bits per heavy atom. The highest BCUT2D eigenvalue weighted by Crippen LogP contribution is 2.34. The van der Waals surface area contributed by atoms with Crippen molar-refractivity contribution < 1.29 is 17.9 Å². The number of primary sulfonamides is 1. The van der Waals surface area contributed by atoms with E-state index in [1.165, 1.54) is 18.2 Å². The van der Waals surface area contributed by atoms with Crippen molar-refractivity contribution in [2.75, 3.05) is 13.7 Å². The van der Waals surface area contributed by atoms with Crippen molar-refractivity contribution in [1.29, 1.82) is 0 Å². The van der Waals surface area contributed by atoms with Gasteiger partial charge in [0.25, 0.3) is 5.91 Å². The fourth-order valence-electron chi connectivity index (χ4n) is 2.23. The van der Waals surface area contributed by atoms with Crippen molar-refractivity contribution >= 4 is 27.5 Å². The van der Waals surface area contributed by atoms with Gasteiger partial charge < -0.3 is 10.1 Å². The topological polar surface area (TPSA) is 98.5 Å². The standard InChI is InChI=1S/C13H17ClN2O4S/c1-20-13(3-2-4-13)8-16-12(17)9-5-10(14)7-11(6-9)21(15,18)19/h5-7H,2-4,8H2,1H3,(H,16,17)(H2,15,18,19). The average Bonchev–Trinajstić information content (AvgIpc) is 2.36. The van der Waals surface area contributed by atoms with Crippen molar-refractivity contribution in [3.05, 3.63) is 28.8 Å². The van der Waals surface area contributed by atoms with E-state index in [0.717, 1.165) is 19.3 Å². The minimum atomic E-state index is -3.91. The van der Waals surface area contributed by atoms with Crippen LogP contribution < -0.4 is 10.5 Å². The van der Waals surface area contributed by atoms with E-state index in [1.54, 1.807) is 7.11 Å². The summed E-state index contributed by atoms with van der Waals surface area (Å²) < 4.78 is 28.1. The zero-order valence-corrected chi connectivity index (χ0v) is 13.1. The Balaban J connectivity index is 2.14. The number of methoxy groups -OCH3 is 1. The predicted octanol–water partition coefficient (Wildman–Crippen LogP) is 1.29. The maximum atomic E-state index is 12.1. The molecule has 6 nitrogen and oxygen atoms in total. The minimum absolute atomic E-state index is 0.136. The van der Waals surface area contributed by atoms with Crippen molar-refractivity contribution in [2.45, 2.75) is 29.8 Å². The number of carbonyl (C=O) groups excluding carboxylic acids is 1. The Hall–Kier alpha value is -1.15. The van der Waals surface area contributed by atoms with E-state index >= 15 is 0 Å². The number of hydrogen-bond donors (Lipinski definition) is 2. The van der Waals surface area contributed by atoms with Crippen LogP contribution in [0.15, 0.2) is 23.1 Å². The van der Waals surface area contributed by atoms with E-state index in [4.69, 9.17) is 21.5 Å². The first-order valence-corrected chi connectivity index (χ1v) is 8.35. The van der Waals surface area contributed by atoms with Gasteiger partial charge in [0.1, 0.15) is 0 Å². The van der Waals surface area contributed by atoms with Gasteiger partial charge in [-0.1, -0.05) is 11.6 Å². The van der Waals surface area contributed by atoms with Gasteiger partial charge >= 0.3 is 0 Å². The lowest BCUT2D eigenvalue weighted by Crippen LogP contribution is -2.49. The fraction of sp³-hybridized carbons (Fsp3) is 0.462. The molecule has 1 aliphatic rings. The zero-order chi connectivity index (χ0) is 15.7.